The summed E-state index contributed by atoms with van der Waals surface area (Å²) in [6, 6.07) is 7.24. The fourth-order valence-corrected chi connectivity index (χ4v) is 2.86. The van der Waals surface area contributed by atoms with Crippen LogP contribution >= 0.6 is 0 Å². The third-order valence-corrected chi connectivity index (χ3v) is 4.11. The van der Waals surface area contributed by atoms with Crippen molar-refractivity contribution < 1.29 is 14.6 Å². The minimum atomic E-state index is -0.809. The van der Waals surface area contributed by atoms with Gasteiger partial charge in [-0.3, -0.25) is 4.90 Å². The Bertz CT molecular complexity index is 505. The lowest BCUT2D eigenvalue weighted by molar-refractivity contribution is -0.132. The number of amides is 2. The number of aliphatic hydroxyl groups is 1. The van der Waals surface area contributed by atoms with Crippen LogP contribution in [0.4, 0.5) is 4.79 Å². The van der Waals surface area contributed by atoms with Gasteiger partial charge in [0, 0.05) is 12.6 Å². The fourth-order valence-electron chi connectivity index (χ4n) is 2.86. The molecule has 0 saturated carbocycles. The lowest BCUT2D eigenvalue weighted by Crippen LogP contribution is -2.69. The highest BCUT2D eigenvalue weighted by Gasteiger charge is 2.54. The van der Waals surface area contributed by atoms with E-state index in [4.69, 9.17) is 4.74 Å². The van der Waals surface area contributed by atoms with Crippen LogP contribution in [0.2, 0.25) is 0 Å². The van der Waals surface area contributed by atoms with E-state index in [9.17, 15) is 9.90 Å². The van der Waals surface area contributed by atoms with Crippen LogP contribution in [0.5, 0.6) is 5.75 Å². The van der Waals surface area contributed by atoms with Gasteiger partial charge in [0.15, 0.2) is 5.72 Å². The third-order valence-electron chi connectivity index (χ3n) is 4.11. The molecule has 2 aliphatic rings. The number of benzene rings is 1. The average Bonchev–Trinajstić information content (AvgIpc) is 2.36. The molecule has 3 atom stereocenters. The molecule has 2 N–H and O–H groups in total. The number of rotatable bonds is 1. The Labute approximate surface area is 105 Å². The predicted molar refractivity (Wildman–Crippen MR) is 65.1 cm³/mol. The Kier molecular flexibility index (Phi) is 2.28. The lowest BCUT2D eigenvalue weighted by atomic mass is 9.80. The first-order valence-corrected chi connectivity index (χ1v) is 6.01. The van der Waals surface area contributed by atoms with Gasteiger partial charge in [-0.25, -0.2) is 4.79 Å². The largest absolute Gasteiger partial charge is 0.467 e. The Morgan fingerprint density at radius 3 is 2.94 bits per heavy atom. The molecule has 18 heavy (non-hydrogen) atoms. The number of ether oxygens (including phenoxy) is 1. The van der Waals surface area contributed by atoms with Gasteiger partial charge in [0.25, 0.3) is 0 Å². The van der Waals surface area contributed by atoms with Gasteiger partial charge in [0.05, 0.1) is 18.6 Å². The van der Waals surface area contributed by atoms with E-state index in [2.05, 4.69) is 5.32 Å². The van der Waals surface area contributed by atoms with E-state index in [1.807, 2.05) is 31.2 Å². The molecular weight excluding hydrogens is 232 g/mol. The number of carbonyl (C=O) groups excluding carboxylic acids is 1. The molecule has 2 aliphatic heterocycles. The highest BCUT2D eigenvalue weighted by atomic mass is 16.5. The van der Waals surface area contributed by atoms with E-state index in [0.29, 0.717) is 0 Å². The fraction of sp³-hybridized carbons (Fsp3) is 0.462. The SMILES string of the molecule is CN1C(=O)N[C@@H]2c3ccccc3O[C@@]1(C)[C@@H]2CO. The summed E-state index contributed by atoms with van der Waals surface area (Å²) in [5.41, 5.74) is 0.117. The average molecular weight is 248 g/mol. The van der Waals surface area contributed by atoms with Crippen molar-refractivity contribution in [3.63, 3.8) is 0 Å². The van der Waals surface area contributed by atoms with Crippen molar-refractivity contribution in [1.29, 1.82) is 0 Å². The number of para-hydroxylation sites is 1. The number of hydrogen-bond donors (Lipinski definition) is 2. The standard InChI is InChI=1S/C13H16N2O3/c1-13-9(7-16)11(14-12(17)15(13)2)8-5-3-4-6-10(8)18-13/h3-6,9,11,16H,7H2,1-2H3,(H,14,17)/t9-,11-,13+/m1/s1. The van der Waals surface area contributed by atoms with Crippen molar-refractivity contribution in [3.8, 4) is 5.75 Å². The van der Waals surface area contributed by atoms with Gasteiger partial charge in [-0.2, -0.15) is 0 Å². The van der Waals surface area contributed by atoms with Crippen molar-refractivity contribution in [2.24, 2.45) is 5.92 Å². The Hall–Kier alpha value is -1.75. The monoisotopic (exact) mass is 248 g/mol. The zero-order valence-corrected chi connectivity index (χ0v) is 10.4. The van der Waals surface area contributed by atoms with Crippen LogP contribution in [-0.2, 0) is 0 Å². The van der Waals surface area contributed by atoms with Crippen molar-refractivity contribution >= 4 is 6.03 Å². The van der Waals surface area contributed by atoms with E-state index in [1.165, 1.54) is 4.90 Å². The molecule has 1 saturated heterocycles. The molecule has 2 heterocycles. The molecule has 96 valence electrons. The maximum absolute atomic E-state index is 11.9. The van der Waals surface area contributed by atoms with Gasteiger partial charge in [0.2, 0.25) is 0 Å². The number of carbonyl (C=O) groups is 1. The molecule has 1 aromatic carbocycles. The lowest BCUT2D eigenvalue weighted by Gasteiger charge is -2.54. The Balaban J connectivity index is 2.16. The van der Waals surface area contributed by atoms with Gasteiger partial charge in [-0.05, 0) is 13.0 Å². The van der Waals surface area contributed by atoms with Crippen molar-refractivity contribution in [2.45, 2.75) is 18.7 Å². The summed E-state index contributed by atoms with van der Waals surface area (Å²) in [6.07, 6.45) is 0. The molecule has 0 aliphatic carbocycles. The van der Waals surface area contributed by atoms with Gasteiger partial charge in [-0.1, -0.05) is 18.2 Å². The zero-order chi connectivity index (χ0) is 12.9. The van der Waals surface area contributed by atoms with Crippen molar-refractivity contribution in [3.05, 3.63) is 29.8 Å². The number of urea groups is 1. The maximum atomic E-state index is 11.9. The van der Waals surface area contributed by atoms with Gasteiger partial charge in [0.1, 0.15) is 5.75 Å². The number of hydrogen-bond acceptors (Lipinski definition) is 3. The van der Waals surface area contributed by atoms with Crippen LogP contribution in [0, 0.1) is 5.92 Å². The van der Waals surface area contributed by atoms with Crippen LogP contribution in [0.25, 0.3) is 0 Å². The van der Waals surface area contributed by atoms with Crippen molar-refractivity contribution in [1.82, 2.24) is 10.2 Å². The minimum absolute atomic E-state index is 0.0415. The molecule has 2 amide bonds. The molecule has 0 unspecified atom stereocenters. The molecule has 0 spiro atoms. The Morgan fingerprint density at radius 1 is 1.50 bits per heavy atom. The summed E-state index contributed by atoms with van der Waals surface area (Å²) in [5.74, 6) is 0.580. The normalized spacial score (nSPS) is 33.5. The number of nitrogens with one attached hydrogen (secondary N) is 1. The first-order chi connectivity index (χ1) is 8.58. The second-order valence-electron chi connectivity index (χ2n) is 4.97. The van der Waals surface area contributed by atoms with Crippen molar-refractivity contribution in [2.75, 3.05) is 13.7 Å². The van der Waals surface area contributed by atoms with Crippen LogP contribution in [0.1, 0.15) is 18.5 Å². The molecule has 2 bridgehead atoms. The number of aliphatic hydroxyl groups excluding tert-OH is 1. The second-order valence-corrected chi connectivity index (χ2v) is 4.97. The molecule has 0 aromatic heterocycles. The smallest absolute Gasteiger partial charge is 0.320 e. The second kappa shape index (κ2) is 3.62. The first-order valence-electron chi connectivity index (χ1n) is 6.01. The quantitative estimate of drug-likeness (QED) is 0.782. The molecule has 1 aromatic rings. The molecule has 0 radical (unpaired) electrons. The van der Waals surface area contributed by atoms with Crippen LogP contribution in [0.3, 0.4) is 0 Å². The molecule has 5 nitrogen and oxygen atoms in total. The Morgan fingerprint density at radius 2 is 2.22 bits per heavy atom. The minimum Gasteiger partial charge on any atom is -0.467 e. The summed E-state index contributed by atoms with van der Waals surface area (Å²) in [4.78, 5) is 13.5. The summed E-state index contributed by atoms with van der Waals surface area (Å²) >= 11 is 0. The summed E-state index contributed by atoms with van der Waals surface area (Å²) in [7, 11) is 1.68. The number of nitrogens with zero attached hydrogens (tertiary/aromatic N) is 1. The third kappa shape index (κ3) is 1.28. The van der Waals surface area contributed by atoms with Gasteiger partial charge in [-0.15, -0.1) is 0 Å². The topological polar surface area (TPSA) is 61.8 Å². The van der Waals surface area contributed by atoms with Crippen LogP contribution in [0.15, 0.2) is 24.3 Å². The molecule has 1 fully saturated rings. The van der Waals surface area contributed by atoms with Crippen LogP contribution < -0.4 is 10.1 Å². The van der Waals surface area contributed by atoms with Gasteiger partial charge < -0.3 is 15.2 Å². The molecular formula is C13H16N2O3. The van der Waals surface area contributed by atoms with Crippen LogP contribution in [-0.4, -0.2) is 35.4 Å². The molecule has 3 rings (SSSR count). The van der Waals surface area contributed by atoms with Gasteiger partial charge >= 0.3 is 6.03 Å². The van der Waals surface area contributed by atoms with E-state index in [1.54, 1.807) is 7.05 Å². The zero-order valence-electron chi connectivity index (χ0n) is 10.4. The highest BCUT2D eigenvalue weighted by Crippen LogP contribution is 2.46. The first kappa shape index (κ1) is 11.3. The highest BCUT2D eigenvalue weighted by molar-refractivity contribution is 5.77. The predicted octanol–water partition coefficient (Wildman–Crippen LogP) is 1.10. The number of fused-ring (bicyclic) bond motifs is 4. The van der Waals surface area contributed by atoms with E-state index in [-0.39, 0.29) is 24.6 Å². The van der Waals surface area contributed by atoms with E-state index >= 15 is 0 Å². The molecule has 5 heteroatoms. The van der Waals surface area contributed by atoms with E-state index < -0.39 is 5.72 Å². The summed E-state index contributed by atoms with van der Waals surface area (Å²) in [5, 5.41) is 12.6. The summed E-state index contributed by atoms with van der Waals surface area (Å²) < 4.78 is 5.98. The maximum Gasteiger partial charge on any atom is 0.320 e. The van der Waals surface area contributed by atoms with E-state index in [0.717, 1.165) is 11.3 Å². The summed E-state index contributed by atoms with van der Waals surface area (Å²) in [6.45, 7) is 1.80.